The van der Waals surface area contributed by atoms with Gasteiger partial charge in [-0.15, -0.1) is 0 Å². The van der Waals surface area contributed by atoms with Gasteiger partial charge in [-0.3, -0.25) is 19.3 Å². The number of rotatable bonds is 1. The van der Waals surface area contributed by atoms with Crippen LogP contribution in [0.1, 0.15) is 21.9 Å². The summed E-state index contributed by atoms with van der Waals surface area (Å²) in [6, 6.07) is 7.51. The van der Waals surface area contributed by atoms with E-state index in [4.69, 9.17) is 4.98 Å². The molecule has 114 valence electrons. The highest BCUT2D eigenvalue weighted by Gasteiger charge is 2.25. The predicted octanol–water partition coefficient (Wildman–Crippen LogP) is 2.22. The number of amides is 1. The summed E-state index contributed by atoms with van der Waals surface area (Å²) in [5, 5.41) is 0. The van der Waals surface area contributed by atoms with Gasteiger partial charge in [-0.1, -0.05) is 0 Å². The van der Waals surface area contributed by atoms with Gasteiger partial charge >= 0.3 is 0 Å². The lowest BCUT2D eigenvalue weighted by atomic mass is 10.1. The van der Waals surface area contributed by atoms with E-state index in [-0.39, 0.29) is 5.91 Å². The van der Waals surface area contributed by atoms with Crippen molar-refractivity contribution in [1.29, 1.82) is 0 Å². The first-order chi connectivity index (χ1) is 11.1. The monoisotopic (exact) mass is 305 g/mol. The van der Waals surface area contributed by atoms with E-state index in [9.17, 15) is 4.79 Å². The molecule has 3 aromatic heterocycles. The van der Waals surface area contributed by atoms with Crippen LogP contribution < -0.4 is 0 Å². The van der Waals surface area contributed by atoms with Crippen molar-refractivity contribution in [2.45, 2.75) is 13.5 Å². The van der Waals surface area contributed by atoms with E-state index in [0.29, 0.717) is 18.1 Å². The summed E-state index contributed by atoms with van der Waals surface area (Å²) < 4.78 is 1.81. The van der Waals surface area contributed by atoms with Crippen molar-refractivity contribution >= 4 is 5.91 Å². The van der Waals surface area contributed by atoms with Gasteiger partial charge in [0.25, 0.3) is 5.91 Å². The van der Waals surface area contributed by atoms with E-state index in [1.165, 1.54) is 0 Å². The first kappa shape index (κ1) is 13.6. The second-order valence-corrected chi connectivity index (χ2v) is 5.59. The van der Waals surface area contributed by atoms with Crippen LogP contribution in [-0.4, -0.2) is 37.4 Å². The third-order valence-electron chi connectivity index (χ3n) is 4.04. The van der Waals surface area contributed by atoms with E-state index < -0.39 is 0 Å². The minimum Gasteiger partial charge on any atom is -0.334 e. The summed E-state index contributed by atoms with van der Waals surface area (Å²) in [7, 11) is 1.77. The molecule has 0 N–H and O–H groups in total. The van der Waals surface area contributed by atoms with Gasteiger partial charge in [0.15, 0.2) is 5.82 Å². The molecule has 0 saturated carbocycles. The number of carbonyl (C=O) groups is 1. The van der Waals surface area contributed by atoms with E-state index in [0.717, 1.165) is 22.6 Å². The van der Waals surface area contributed by atoms with Gasteiger partial charge in [0.1, 0.15) is 11.4 Å². The number of hydrogen-bond donors (Lipinski definition) is 0. The third-order valence-corrected chi connectivity index (χ3v) is 4.04. The van der Waals surface area contributed by atoms with Gasteiger partial charge in [-0.25, -0.2) is 4.98 Å². The maximum atomic E-state index is 12.4. The second-order valence-electron chi connectivity index (χ2n) is 5.59. The normalized spacial score (nSPS) is 13.5. The number of nitrogens with zero attached hydrogens (tertiary/aromatic N) is 5. The summed E-state index contributed by atoms with van der Waals surface area (Å²) in [4.78, 5) is 27.7. The van der Waals surface area contributed by atoms with Crippen molar-refractivity contribution in [3.05, 3.63) is 59.9 Å². The topological polar surface area (TPSA) is 63.9 Å². The maximum absolute atomic E-state index is 12.4. The number of hydrogen-bond acceptors (Lipinski definition) is 4. The van der Waals surface area contributed by atoms with Crippen molar-refractivity contribution in [3.8, 4) is 17.1 Å². The lowest BCUT2D eigenvalue weighted by molar-refractivity contribution is 0.0781. The smallest absolute Gasteiger partial charge is 0.270 e. The van der Waals surface area contributed by atoms with Crippen molar-refractivity contribution < 1.29 is 4.79 Å². The molecule has 1 amide bonds. The Kier molecular flexibility index (Phi) is 2.97. The predicted molar refractivity (Wildman–Crippen MR) is 85.1 cm³/mol. The van der Waals surface area contributed by atoms with E-state index >= 15 is 0 Å². The molecule has 0 aliphatic carbocycles. The molecule has 0 fully saturated rings. The Bertz CT molecular complexity index is 915. The molecule has 4 heterocycles. The van der Waals surface area contributed by atoms with Gasteiger partial charge in [0.2, 0.25) is 0 Å². The highest BCUT2D eigenvalue weighted by molar-refractivity contribution is 5.93. The van der Waals surface area contributed by atoms with Crippen LogP contribution in [0.25, 0.3) is 17.1 Å². The molecule has 0 atom stereocenters. The zero-order chi connectivity index (χ0) is 16.0. The molecule has 1 aliphatic heterocycles. The van der Waals surface area contributed by atoms with E-state index in [1.807, 2.05) is 35.9 Å². The second kappa shape index (κ2) is 5.01. The number of aryl methyl sites for hydroxylation is 1. The third kappa shape index (κ3) is 2.11. The molecule has 6 nitrogen and oxygen atoms in total. The lowest BCUT2D eigenvalue weighted by Gasteiger charge is -2.13. The summed E-state index contributed by atoms with van der Waals surface area (Å²) in [5.74, 6) is 0.664. The van der Waals surface area contributed by atoms with Gasteiger partial charge in [0.05, 0.1) is 18.4 Å². The van der Waals surface area contributed by atoms with Crippen molar-refractivity contribution in [1.82, 2.24) is 24.4 Å². The highest BCUT2D eigenvalue weighted by atomic mass is 16.2. The summed E-state index contributed by atoms with van der Waals surface area (Å²) in [5.41, 5.74) is 3.98. The largest absolute Gasteiger partial charge is 0.334 e. The summed E-state index contributed by atoms with van der Waals surface area (Å²) in [6.07, 6.45) is 5.35. The van der Waals surface area contributed by atoms with Crippen molar-refractivity contribution in [2.75, 3.05) is 7.05 Å². The Balaban J connectivity index is 1.94. The molecular weight excluding hydrogens is 290 g/mol. The highest BCUT2D eigenvalue weighted by Crippen LogP contribution is 2.25. The summed E-state index contributed by atoms with van der Waals surface area (Å²) >= 11 is 0. The molecule has 6 heteroatoms. The molecule has 3 aromatic rings. The molecule has 0 radical (unpaired) electrons. The Morgan fingerprint density at radius 3 is 2.87 bits per heavy atom. The number of carbonyl (C=O) groups excluding carboxylic acids is 1. The Labute approximate surface area is 133 Å². The fraction of sp³-hybridized carbons (Fsp3) is 0.176. The Hall–Kier alpha value is -3.02. The molecule has 0 unspecified atom stereocenters. The molecule has 1 aliphatic rings. The molecule has 0 aromatic carbocycles. The number of fused-ring (bicyclic) bond motifs is 3. The van der Waals surface area contributed by atoms with Crippen LogP contribution in [0, 0.1) is 6.92 Å². The van der Waals surface area contributed by atoms with Crippen LogP contribution in [0.4, 0.5) is 0 Å². The summed E-state index contributed by atoms with van der Waals surface area (Å²) in [6.45, 7) is 2.39. The molecular formula is C17H15N5O. The maximum Gasteiger partial charge on any atom is 0.270 e. The molecule has 0 spiro atoms. The SMILES string of the molecule is Cc1ncccc1-c1cnc2c(n1)-n1cccc1C(=O)N(C)C2. The number of aromatic nitrogens is 4. The minimum atomic E-state index is -0.0334. The molecule has 0 bridgehead atoms. The zero-order valence-corrected chi connectivity index (χ0v) is 12.9. The van der Waals surface area contributed by atoms with Crippen LogP contribution in [0.3, 0.4) is 0 Å². The van der Waals surface area contributed by atoms with Crippen LogP contribution in [-0.2, 0) is 6.54 Å². The van der Waals surface area contributed by atoms with E-state index in [1.54, 1.807) is 30.4 Å². The fourth-order valence-corrected chi connectivity index (χ4v) is 2.83. The fourth-order valence-electron chi connectivity index (χ4n) is 2.83. The van der Waals surface area contributed by atoms with Crippen LogP contribution >= 0.6 is 0 Å². The quantitative estimate of drug-likeness (QED) is 0.691. The van der Waals surface area contributed by atoms with Crippen LogP contribution in [0.5, 0.6) is 0 Å². The molecule has 23 heavy (non-hydrogen) atoms. The van der Waals surface area contributed by atoms with Crippen LogP contribution in [0.2, 0.25) is 0 Å². The zero-order valence-electron chi connectivity index (χ0n) is 12.9. The standard InChI is InChI=1S/C17H15N5O/c1-11-12(5-3-7-18-11)13-9-19-14-10-21(2)17(23)15-6-4-8-22(15)16(14)20-13/h3-9H,10H2,1-2H3. The van der Waals surface area contributed by atoms with Gasteiger partial charge in [-0.05, 0) is 31.2 Å². The van der Waals surface area contributed by atoms with Crippen molar-refractivity contribution in [2.24, 2.45) is 0 Å². The van der Waals surface area contributed by atoms with Crippen molar-refractivity contribution in [3.63, 3.8) is 0 Å². The first-order valence-electron chi connectivity index (χ1n) is 7.36. The Morgan fingerprint density at radius 1 is 1.17 bits per heavy atom. The minimum absolute atomic E-state index is 0.0334. The van der Waals surface area contributed by atoms with Gasteiger partial charge < -0.3 is 4.90 Å². The average molecular weight is 305 g/mol. The molecule has 0 saturated heterocycles. The molecule has 4 rings (SSSR count). The van der Waals surface area contributed by atoms with Crippen LogP contribution in [0.15, 0.2) is 42.9 Å². The number of pyridine rings is 1. The lowest BCUT2D eigenvalue weighted by Crippen LogP contribution is -2.25. The van der Waals surface area contributed by atoms with E-state index in [2.05, 4.69) is 9.97 Å². The Morgan fingerprint density at radius 2 is 2.04 bits per heavy atom. The van der Waals surface area contributed by atoms with Gasteiger partial charge in [-0.2, -0.15) is 0 Å². The average Bonchev–Trinajstić information content (AvgIpc) is 3.01. The van der Waals surface area contributed by atoms with Gasteiger partial charge in [0, 0.05) is 30.7 Å². The first-order valence-corrected chi connectivity index (χ1v) is 7.36.